The van der Waals surface area contributed by atoms with Gasteiger partial charge in [0, 0.05) is 32.4 Å². The Hall–Kier alpha value is -1.19. The number of hydrogen-bond acceptors (Lipinski definition) is 3. The summed E-state index contributed by atoms with van der Waals surface area (Å²) in [6, 6.07) is 0. The second kappa shape index (κ2) is 14.7. The number of nitrogens with zero attached hydrogens (tertiary/aromatic N) is 2. The van der Waals surface area contributed by atoms with Crippen LogP contribution in [0.15, 0.2) is 12.4 Å². The van der Waals surface area contributed by atoms with Gasteiger partial charge < -0.3 is 14.9 Å². The van der Waals surface area contributed by atoms with Crippen LogP contribution in [0.5, 0.6) is 0 Å². The first kappa shape index (κ1) is 20.8. The molecule has 0 aliphatic carbocycles. The fraction of sp³-hybridized carbons (Fsp3) is 0.833. The van der Waals surface area contributed by atoms with Gasteiger partial charge in [0.2, 0.25) is 0 Å². The number of carbonyl (C=O) groups is 1. The number of carboxylic acid groups (broad SMARTS) is 1. The quantitative estimate of drug-likeness (QED) is 0.563. The molecule has 0 radical (unpaired) electrons. The normalized spacial score (nSPS) is 13.2. The van der Waals surface area contributed by atoms with Gasteiger partial charge >= 0.3 is 5.97 Å². The van der Waals surface area contributed by atoms with E-state index in [0.29, 0.717) is 6.42 Å². The van der Waals surface area contributed by atoms with Crippen LogP contribution in [0.3, 0.4) is 0 Å². The molecule has 0 spiro atoms. The zero-order chi connectivity index (χ0) is 16.6. The average Bonchev–Trinajstić information content (AvgIpc) is 2.92. The summed E-state index contributed by atoms with van der Waals surface area (Å²) in [5, 5.41) is 8.41. The van der Waals surface area contributed by atoms with Gasteiger partial charge in [0.25, 0.3) is 0 Å². The maximum atomic E-state index is 10.2. The van der Waals surface area contributed by atoms with Crippen LogP contribution in [-0.4, -0.2) is 41.1 Å². The Kier molecular flexibility index (Phi) is 13.9. The Morgan fingerprint density at radius 2 is 1.50 bits per heavy atom. The van der Waals surface area contributed by atoms with Gasteiger partial charge in [-0.15, -0.1) is 0 Å². The largest absolute Gasteiger partial charge is 0.481 e. The Bertz CT molecular complexity index is 293. The minimum Gasteiger partial charge on any atom is -0.481 e. The molecule has 0 aromatic carbocycles. The van der Waals surface area contributed by atoms with E-state index in [1.165, 1.54) is 44.9 Å². The summed E-state index contributed by atoms with van der Waals surface area (Å²) in [4.78, 5) is 14.6. The Morgan fingerprint density at radius 1 is 0.955 bits per heavy atom. The minimum atomic E-state index is -0.659. The van der Waals surface area contributed by atoms with Gasteiger partial charge in [-0.05, 0) is 13.3 Å². The molecule has 0 aromatic rings. The van der Waals surface area contributed by atoms with E-state index in [4.69, 9.17) is 5.11 Å². The Balaban J connectivity index is 0.000000461. The molecule has 0 bridgehead atoms. The summed E-state index contributed by atoms with van der Waals surface area (Å²) in [7, 11) is 2.08. The topological polar surface area (TPSA) is 43.8 Å². The molecule has 4 nitrogen and oxygen atoms in total. The minimum absolute atomic E-state index is 0.343. The highest BCUT2D eigenvalue weighted by molar-refractivity contribution is 5.66. The zero-order valence-electron chi connectivity index (χ0n) is 14.9. The van der Waals surface area contributed by atoms with Crippen molar-refractivity contribution in [3.63, 3.8) is 0 Å². The first-order chi connectivity index (χ1) is 10.6. The third kappa shape index (κ3) is 13.8. The predicted octanol–water partition coefficient (Wildman–Crippen LogP) is 4.67. The van der Waals surface area contributed by atoms with Crippen LogP contribution in [0.25, 0.3) is 0 Å². The monoisotopic (exact) mass is 312 g/mol. The number of carboxylic acids is 1. The molecule has 1 aliphatic heterocycles. The van der Waals surface area contributed by atoms with E-state index < -0.39 is 5.97 Å². The SMILES string of the molecule is CCCCCCCCCCCC(=O)O.CCN1C=CN(C)C1. The lowest BCUT2D eigenvalue weighted by molar-refractivity contribution is -0.137. The number of aliphatic carboxylic acids is 1. The molecular formula is C18H36N2O2. The van der Waals surface area contributed by atoms with Crippen molar-refractivity contribution in [2.75, 3.05) is 20.3 Å². The molecule has 0 aromatic heterocycles. The molecule has 1 heterocycles. The van der Waals surface area contributed by atoms with E-state index in [1.807, 2.05) is 0 Å². The summed E-state index contributed by atoms with van der Waals surface area (Å²) in [6.45, 7) is 6.55. The van der Waals surface area contributed by atoms with E-state index in [9.17, 15) is 4.79 Å². The fourth-order valence-electron chi connectivity index (χ4n) is 2.38. The second-order valence-electron chi connectivity index (χ2n) is 6.07. The van der Waals surface area contributed by atoms with Crippen molar-refractivity contribution in [3.8, 4) is 0 Å². The van der Waals surface area contributed by atoms with Crippen molar-refractivity contribution < 1.29 is 9.90 Å². The van der Waals surface area contributed by atoms with Crippen molar-refractivity contribution in [2.24, 2.45) is 0 Å². The third-order valence-electron chi connectivity index (χ3n) is 3.84. The van der Waals surface area contributed by atoms with Crippen LogP contribution in [-0.2, 0) is 4.79 Å². The Labute approximate surface area is 137 Å². The van der Waals surface area contributed by atoms with Crippen molar-refractivity contribution >= 4 is 5.97 Å². The first-order valence-electron chi connectivity index (χ1n) is 8.94. The molecule has 22 heavy (non-hydrogen) atoms. The molecule has 130 valence electrons. The molecule has 0 saturated carbocycles. The summed E-state index contributed by atoms with van der Waals surface area (Å²) < 4.78 is 0. The van der Waals surface area contributed by atoms with Crippen molar-refractivity contribution in [3.05, 3.63) is 12.4 Å². The third-order valence-corrected chi connectivity index (χ3v) is 3.84. The van der Waals surface area contributed by atoms with Gasteiger partial charge in [0.05, 0.1) is 6.67 Å². The van der Waals surface area contributed by atoms with Crippen LogP contribution in [0, 0.1) is 0 Å². The smallest absolute Gasteiger partial charge is 0.303 e. The molecular weight excluding hydrogens is 276 g/mol. The zero-order valence-corrected chi connectivity index (χ0v) is 14.9. The lowest BCUT2D eigenvalue weighted by Crippen LogP contribution is -2.21. The standard InChI is InChI=1S/C12H24O2.C6H12N2/c1-2-3-4-5-6-7-8-9-10-11-12(13)14;1-3-8-5-4-7(2)6-8/h2-11H2,1H3,(H,13,14);4-5H,3,6H2,1-2H3. The van der Waals surface area contributed by atoms with E-state index >= 15 is 0 Å². The lowest BCUT2D eigenvalue weighted by Gasteiger charge is -2.14. The van der Waals surface area contributed by atoms with Crippen LogP contribution in [0.4, 0.5) is 0 Å². The van der Waals surface area contributed by atoms with Crippen LogP contribution >= 0.6 is 0 Å². The lowest BCUT2D eigenvalue weighted by atomic mass is 10.1. The van der Waals surface area contributed by atoms with Gasteiger partial charge in [-0.1, -0.05) is 58.3 Å². The van der Waals surface area contributed by atoms with Gasteiger partial charge in [-0.3, -0.25) is 4.79 Å². The highest BCUT2D eigenvalue weighted by Gasteiger charge is 2.03. The number of rotatable bonds is 11. The Morgan fingerprint density at radius 3 is 1.86 bits per heavy atom. The van der Waals surface area contributed by atoms with E-state index in [2.05, 4.69) is 43.1 Å². The highest BCUT2D eigenvalue weighted by atomic mass is 16.4. The molecule has 0 saturated heterocycles. The summed E-state index contributed by atoms with van der Waals surface area (Å²) in [6.07, 6.45) is 15.7. The summed E-state index contributed by atoms with van der Waals surface area (Å²) >= 11 is 0. The van der Waals surface area contributed by atoms with Gasteiger partial charge in [-0.25, -0.2) is 0 Å². The summed E-state index contributed by atoms with van der Waals surface area (Å²) in [5.74, 6) is -0.659. The molecule has 4 heteroatoms. The molecule has 0 amide bonds. The maximum absolute atomic E-state index is 10.2. The van der Waals surface area contributed by atoms with Crippen LogP contribution in [0.1, 0.15) is 78.1 Å². The van der Waals surface area contributed by atoms with Gasteiger partial charge in [0.1, 0.15) is 0 Å². The molecule has 1 N–H and O–H groups in total. The van der Waals surface area contributed by atoms with Crippen molar-refractivity contribution in [1.29, 1.82) is 0 Å². The first-order valence-corrected chi connectivity index (χ1v) is 8.94. The molecule has 1 rings (SSSR count). The highest BCUT2D eigenvalue weighted by Crippen LogP contribution is 2.10. The number of unbranched alkanes of at least 4 members (excludes halogenated alkanes) is 8. The van der Waals surface area contributed by atoms with Gasteiger partial charge in [0.15, 0.2) is 0 Å². The van der Waals surface area contributed by atoms with Crippen molar-refractivity contribution in [1.82, 2.24) is 9.80 Å². The number of hydrogen-bond donors (Lipinski definition) is 1. The van der Waals surface area contributed by atoms with E-state index in [-0.39, 0.29) is 0 Å². The van der Waals surface area contributed by atoms with Crippen LogP contribution < -0.4 is 0 Å². The predicted molar refractivity (Wildman–Crippen MR) is 93.6 cm³/mol. The molecule has 1 aliphatic rings. The fourth-order valence-corrected chi connectivity index (χ4v) is 2.38. The molecule has 0 unspecified atom stereocenters. The second-order valence-corrected chi connectivity index (χ2v) is 6.07. The van der Waals surface area contributed by atoms with E-state index in [0.717, 1.165) is 26.1 Å². The average molecular weight is 312 g/mol. The summed E-state index contributed by atoms with van der Waals surface area (Å²) in [5.41, 5.74) is 0. The molecule has 0 atom stereocenters. The van der Waals surface area contributed by atoms with Crippen LogP contribution in [0.2, 0.25) is 0 Å². The van der Waals surface area contributed by atoms with Gasteiger partial charge in [-0.2, -0.15) is 0 Å². The van der Waals surface area contributed by atoms with Crippen molar-refractivity contribution in [2.45, 2.75) is 78.1 Å². The molecule has 0 fully saturated rings. The van der Waals surface area contributed by atoms with E-state index in [1.54, 1.807) is 0 Å². The maximum Gasteiger partial charge on any atom is 0.303 e.